The second-order valence-corrected chi connectivity index (χ2v) is 6.52. The van der Waals surface area contributed by atoms with Crippen LogP contribution >= 0.6 is 0 Å². The van der Waals surface area contributed by atoms with Gasteiger partial charge in [-0.15, -0.1) is 0 Å². The van der Waals surface area contributed by atoms with Crippen LogP contribution < -0.4 is 0 Å². The van der Waals surface area contributed by atoms with Crippen molar-refractivity contribution in [1.29, 1.82) is 0 Å². The predicted molar refractivity (Wildman–Crippen MR) is 76.4 cm³/mol. The first-order valence-electron chi connectivity index (χ1n) is 5.92. The molecule has 2 aromatic rings. The zero-order chi connectivity index (χ0) is 13.7. The molecule has 19 heavy (non-hydrogen) atoms. The SMILES string of the molecule is CS(=O)(=NC(=O)Cc1ccccc1)c1ccccc1. The highest BCUT2D eigenvalue weighted by atomic mass is 32.2. The van der Waals surface area contributed by atoms with Crippen molar-refractivity contribution in [3.8, 4) is 0 Å². The molecule has 0 N–H and O–H groups in total. The van der Waals surface area contributed by atoms with E-state index in [-0.39, 0.29) is 12.3 Å². The highest BCUT2D eigenvalue weighted by molar-refractivity contribution is 7.93. The van der Waals surface area contributed by atoms with Crippen LogP contribution in [0.5, 0.6) is 0 Å². The summed E-state index contributed by atoms with van der Waals surface area (Å²) in [4.78, 5) is 12.4. The molecule has 1 unspecified atom stereocenters. The van der Waals surface area contributed by atoms with E-state index in [0.717, 1.165) is 5.56 Å². The van der Waals surface area contributed by atoms with Gasteiger partial charge in [0.2, 0.25) is 0 Å². The molecule has 0 aliphatic heterocycles. The minimum atomic E-state index is -2.65. The molecule has 0 saturated heterocycles. The number of carbonyl (C=O) groups excluding carboxylic acids is 1. The number of carbonyl (C=O) groups is 1. The predicted octanol–water partition coefficient (Wildman–Crippen LogP) is 2.91. The molecule has 2 rings (SSSR count). The Balaban J connectivity index is 2.21. The molecular formula is C15H15NO2S. The van der Waals surface area contributed by atoms with Crippen LogP contribution in [-0.4, -0.2) is 16.4 Å². The van der Waals surface area contributed by atoms with Crippen LogP contribution in [0.1, 0.15) is 5.56 Å². The van der Waals surface area contributed by atoms with E-state index in [1.165, 1.54) is 6.26 Å². The zero-order valence-corrected chi connectivity index (χ0v) is 11.5. The Bertz CT molecular complexity index is 672. The molecule has 4 heteroatoms. The second-order valence-electron chi connectivity index (χ2n) is 4.26. The molecule has 0 saturated carbocycles. The third kappa shape index (κ3) is 3.76. The standard InChI is InChI=1S/C15H15NO2S/c1-19(18,14-10-6-3-7-11-14)16-15(17)12-13-8-4-2-5-9-13/h2-11H,12H2,1H3. The first-order chi connectivity index (χ1) is 9.08. The van der Waals surface area contributed by atoms with E-state index in [0.29, 0.717) is 4.90 Å². The highest BCUT2D eigenvalue weighted by Crippen LogP contribution is 2.11. The van der Waals surface area contributed by atoms with Crippen LogP contribution in [0.3, 0.4) is 0 Å². The van der Waals surface area contributed by atoms with Crippen LogP contribution in [0, 0.1) is 0 Å². The van der Waals surface area contributed by atoms with Crippen LogP contribution in [0.2, 0.25) is 0 Å². The van der Waals surface area contributed by atoms with E-state index in [2.05, 4.69) is 4.36 Å². The van der Waals surface area contributed by atoms with Gasteiger partial charge in [0.1, 0.15) is 0 Å². The van der Waals surface area contributed by atoms with Gasteiger partial charge >= 0.3 is 0 Å². The smallest absolute Gasteiger partial charge is 0.258 e. The van der Waals surface area contributed by atoms with Crippen molar-refractivity contribution in [2.75, 3.05) is 6.26 Å². The molecule has 1 atom stereocenters. The number of rotatable bonds is 3. The summed E-state index contributed by atoms with van der Waals surface area (Å²) >= 11 is 0. The quantitative estimate of drug-likeness (QED) is 0.863. The molecule has 0 fully saturated rings. The Kier molecular flexibility index (Phi) is 4.12. The maximum absolute atomic E-state index is 12.4. The normalized spacial score (nSPS) is 13.5. The average Bonchev–Trinajstić information content (AvgIpc) is 2.40. The Morgan fingerprint density at radius 2 is 1.53 bits per heavy atom. The Labute approximate surface area is 113 Å². The van der Waals surface area contributed by atoms with E-state index < -0.39 is 9.73 Å². The maximum atomic E-state index is 12.4. The second kappa shape index (κ2) is 5.80. The Morgan fingerprint density at radius 3 is 2.11 bits per heavy atom. The van der Waals surface area contributed by atoms with Gasteiger partial charge in [-0.3, -0.25) is 4.79 Å². The van der Waals surface area contributed by atoms with E-state index in [4.69, 9.17) is 0 Å². The molecule has 0 aliphatic carbocycles. The fourth-order valence-electron chi connectivity index (χ4n) is 1.72. The van der Waals surface area contributed by atoms with Crippen molar-refractivity contribution in [3.63, 3.8) is 0 Å². The van der Waals surface area contributed by atoms with Crippen LogP contribution in [0.4, 0.5) is 0 Å². The molecule has 0 heterocycles. The molecule has 98 valence electrons. The fraction of sp³-hybridized carbons (Fsp3) is 0.133. The zero-order valence-electron chi connectivity index (χ0n) is 10.7. The largest absolute Gasteiger partial charge is 0.272 e. The van der Waals surface area contributed by atoms with E-state index in [9.17, 15) is 9.00 Å². The summed E-state index contributed by atoms with van der Waals surface area (Å²) in [5.74, 6) is -0.359. The maximum Gasteiger partial charge on any atom is 0.258 e. The molecule has 1 amide bonds. The van der Waals surface area contributed by atoms with Crippen molar-refractivity contribution in [2.45, 2.75) is 11.3 Å². The topological polar surface area (TPSA) is 46.5 Å². The van der Waals surface area contributed by atoms with Crippen LogP contribution in [0.15, 0.2) is 69.9 Å². The fourth-order valence-corrected chi connectivity index (χ4v) is 2.94. The number of benzene rings is 2. The third-order valence-corrected chi connectivity index (χ3v) is 4.35. The molecule has 0 bridgehead atoms. The molecule has 0 aromatic heterocycles. The Hall–Kier alpha value is -1.94. The minimum absolute atomic E-state index is 0.179. The summed E-state index contributed by atoms with van der Waals surface area (Å²) in [6, 6.07) is 18.2. The van der Waals surface area contributed by atoms with Crippen molar-refractivity contribution < 1.29 is 9.00 Å². The number of amides is 1. The van der Waals surface area contributed by atoms with Gasteiger partial charge in [0.15, 0.2) is 0 Å². The van der Waals surface area contributed by atoms with Crippen molar-refractivity contribution in [3.05, 3.63) is 66.2 Å². The third-order valence-electron chi connectivity index (χ3n) is 2.65. The lowest BCUT2D eigenvalue weighted by Crippen LogP contribution is -2.05. The van der Waals surface area contributed by atoms with Crippen LogP contribution in [-0.2, 0) is 20.9 Å². The van der Waals surface area contributed by atoms with Crippen LogP contribution in [0.25, 0.3) is 0 Å². The van der Waals surface area contributed by atoms with Gasteiger partial charge < -0.3 is 0 Å². The summed E-state index contributed by atoms with van der Waals surface area (Å²) in [5, 5.41) is 0. The number of hydrogen-bond acceptors (Lipinski definition) is 2. The molecule has 0 spiro atoms. The monoisotopic (exact) mass is 273 g/mol. The van der Waals surface area contributed by atoms with Crippen molar-refractivity contribution in [1.82, 2.24) is 0 Å². The van der Waals surface area contributed by atoms with Gasteiger partial charge in [-0.25, -0.2) is 4.21 Å². The van der Waals surface area contributed by atoms with Gasteiger partial charge in [-0.2, -0.15) is 4.36 Å². The summed E-state index contributed by atoms with van der Waals surface area (Å²) in [6.07, 6.45) is 1.67. The van der Waals surface area contributed by atoms with Gasteiger partial charge in [-0.05, 0) is 17.7 Å². The molecule has 3 nitrogen and oxygen atoms in total. The van der Waals surface area contributed by atoms with Crippen molar-refractivity contribution >= 4 is 15.6 Å². The van der Waals surface area contributed by atoms with E-state index in [1.807, 2.05) is 36.4 Å². The lowest BCUT2D eigenvalue weighted by atomic mass is 10.1. The first-order valence-corrected chi connectivity index (χ1v) is 7.84. The summed E-state index contributed by atoms with van der Waals surface area (Å²) < 4.78 is 16.3. The molecule has 0 radical (unpaired) electrons. The van der Waals surface area contributed by atoms with Gasteiger partial charge in [0.25, 0.3) is 5.91 Å². The summed E-state index contributed by atoms with van der Waals surface area (Å²) in [7, 11) is -2.65. The summed E-state index contributed by atoms with van der Waals surface area (Å²) in [6.45, 7) is 0. The minimum Gasteiger partial charge on any atom is -0.272 e. The molecule has 2 aromatic carbocycles. The Morgan fingerprint density at radius 1 is 1.00 bits per heavy atom. The van der Waals surface area contributed by atoms with Crippen molar-refractivity contribution in [2.24, 2.45) is 4.36 Å². The van der Waals surface area contributed by atoms with Gasteiger partial charge in [0, 0.05) is 11.2 Å². The molecule has 0 aliphatic rings. The molecular weight excluding hydrogens is 258 g/mol. The summed E-state index contributed by atoms with van der Waals surface area (Å²) in [5.41, 5.74) is 0.875. The lowest BCUT2D eigenvalue weighted by Gasteiger charge is -2.03. The van der Waals surface area contributed by atoms with E-state index in [1.54, 1.807) is 24.3 Å². The first kappa shape index (κ1) is 13.5. The van der Waals surface area contributed by atoms with Gasteiger partial charge in [-0.1, -0.05) is 48.5 Å². The number of nitrogens with zero attached hydrogens (tertiary/aromatic N) is 1. The van der Waals surface area contributed by atoms with Gasteiger partial charge in [0.05, 0.1) is 16.1 Å². The number of hydrogen-bond donors (Lipinski definition) is 0. The highest BCUT2D eigenvalue weighted by Gasteiger charge is 2.09. The lowest BCUT2D eigenvalue weighted by molar-refractivity contribution is -0.117. The van der Waals surface area contributed by atoms with E-state index >= 15 is 0 Å². The average molecular weight is 273 g/mol.